The van der Waals surface area contributed by atoms with Gasteiger partial charge < -0.3 is 19.7 Å². The van der Waals surface area contributed by atoms with Gasteiger partial charge >= 0.3 is 0 Å². The maximum atomic E-state index is 12.7. The molecule has 27 heavy (non-hydrogen) atoms. The molecule has 3 aromatic rings. The smallest absolute Gasteiger partial charge is 0.278 e. The molecule has 12 heteroatoms. The Labute approximate surface area is 157 Å². The van der Waals surface area contributed by atoms with Crippen LogP contribution in [0.5, 0.6) is 11.5 Å². The minimum atomic E-state index is -4.12. The van der Waals surface area contributed by atoms with Crippen molar-refractivity contribution in [3.05, 3.63) is 37.7 Å². The van der Waals surface area contributed by atoms with E-state index < -0.39 is 26.6 Å². The summed E-state index contributed by atoms with van der Waals surface area (Å²) in [5.41, 5.74) is -1.73. The van der Waals surface area contributed by atoms with E-state index in [-0.39, 0.29) is 33.8 Å². The highest BCUT2D eigenvalue weighted by Crippen LogP contribution is 2.41. The first-order valence-corrected chi connectivity index (χ1v) is 9.96. The van der Waals surface area contributed by atoms with Crippen molar-refractivity contribution in [3.63, 3.8) is 0 Å². The van der Waals surface area contributed by atoms with Crippen LogP contribution >= 0.6 is 11.3 Å². The van der Waals surface area contributed by atoms with Gasteiger partial charge in [0, 0.05) is 18.5 Å². The third-order valence-corrected chi connectivity index (χ3v) is 6.93. The average molecular weight is 413 g/mol. The van der Waals surface area contributed by atoms with E-state index in [1.807, 2.05) is 0 Å². The third kappa shape index (κ3) is 3.06. The largest absolute Gasteiger partial charge is 0.504 e. The number of aromatic hydroxyl groups is 1. The maximum absolute atomic E-state index is 12.7. The highest BCUT2D eigenvalue weighted by atomic mass is 32.2. The summed E-state index contributed by atoms with van der Waals surface area (Å²) in [7, 11) is -2.85. The van der Waals surface area contributed by atoms with Crippen molar-refractivity contribution in [2.24, 2.45) is 0 Å². The van der Waals surface area contributed by atoms with Crippen molar-refractivity contribution in [2.45, 2.75) is 18.1 Å². The Morgan fingerprint density at radius 3 is 2.67 bits per heavy atom. The topological polar surface area (TPSA) is 139 Å². The van der Waals surface area contributed by atoms with E-state index >= 15 is 0 Å². The Morgan fingerprint density at radius 1 is 1.37 bits per heavy atom. The van der Waals surface area contributed by atoms with Gasteiger partial charge in [-0.15, -0.1) is 11.3 Å². The predicted octanol–water partition coefficient (Wildman–Crippen LogP) is 1.31. The molecule has 0 aliphatic carbocycles. The number of aromatic nitrogens is 1. The predicted molar refractivity (Wildman–Crippen MR) is 98.6 cm³/mol. The molecule has 0 bridgehead atoms. The van der Waals surface area contributed by atoms with Crippen LogP contribution in [0, 0.1) is 6.92 Å². The molecule has 2 aromatic heterocycles. The number of ether oxygens (including phenoxy) is 1. The van der Waals surface area contributed by atoms with Crippen molar-refractivity contribution in [2.75, 3.05) is 23.3 Å². The molecule has 0 radical (unpaired) electrons. The number of hydrogen-bond acceptors (Lipinski definition) is 10. The summed E-state index contributed by atoms with van der Waals surface area (Å²) in [5.74, 6) is -0.250. The van der Waals surface area contributed by atoms with Crippen molar-refractivity contribution in [1.29, 1.82) is 0 Å². The summed E-state index contributed by atoms with van der Waals surface area (Å²) >= 11 is 0.746. The zero-order chi connectivity index (χ0) is 19.9. The molecule has 2 N–H and O–H groups in total. The monoisotopic (exact) mass is 413 g/mol. The second kappa shape index (κ2) is 6.70. The van der Waals surface area contributed by atoms with Gasteiger partial charge in [0.1, 0.15) is 11.4 Å². The normalized spacial score (nSPS) is 11.7. The standard InChI is InChI=1S/C15H15N3O7S2/c1-4-24-14-10(12(20)13(14)21)16-8-6-26-15(11(8)19)27(22,23)18(3)9-5-7(2)25-17-9/h5-6,16,19H,4H2,1-3H3. The molecule has 0 saturated heterocycles. The van der Waals surface area contributed by atoms with Crippen LogP contribution in [0.3, 0.4) is 0 Å². The van der Waals surface area contributed by atoms with Gasteiger partial charge in [-0.2, -0.15) is 8.42 Å². The van der Waals surface area contributed by atoms with Gasteiger partial charge in [0.15, 0.2) is 21.5 Å². The summed E-state index contributed by atoms with van der Waals surface area (Å²) < 4.78 is 35.9. The minimum absolute atomic E-state index is 0.0311. The van der Waals surface area contributed by atoms with E-state index in [0.717, 1.165) is 15.6 Å². The van der Waals surface area contributed by atoms with Gasteiger partial charge in [-0.05, 0) is 13.8 Å². The number of nitrogens with zero attached hydrogens (tertiary/aromatic N) is 2. The molecule has 3 rings (SSSR count). The first kappa shape index (κ1) is 18.9. The minimum Gasteiger partial charge on any atom is -0.504 e. The van der Waals surface area contributed by atoms with Gasteiger partial charge in [0.05, 0.1) is 12.3 Å². The van der Waals surface area contributed by atoms with Crippen LogP contribution in [0.25, 0.3) is 0 Å². The van der Waals surface area contributed by atoms with Crippen molar-refractivity contribution >= 4 is 38.6 Å². The van der Waals surface area contributed by atoms with E-state index in [1.54, 1.807) is 13.8 Å². The summed E-state index contributed by atoms with van der Waals surface area (Å²) in [6, 6.07) is 1.43. The van der Waals surface area contributed by atoms with Crippen molar-refractivity contribution < 1.29 is 22.8 Å². The van der Waals surface area contributed by atoms with Gasteiger partial charge in [-0.1, -0.05) is 5.16 Å². The third-order valence-electron chi connectivity index (χ3n) is 3.68. The highest BCUT2D eigenvalue weighted by Gasteiger charge is 2.31. The Balaban J connectivity index is 1.93. The number of anilines is 3. The fourth-order valence-electron chi connectivity index (χ4n) is 2.26. The van der Waals surface area contributed by atoms with E-state index in [1.165, 1.54) is 18.5 Å². The van der Waals surface area contributed by atoms with E-state index in [9.17, 15) is 23.1 Å². The number of nitrogens with one attached hydrogen (secondary N) is 1. The number of hydrogen-bond donors (Lipinski definition) is 2. The zero-order valence-electron chi connectivity index (χ0n) is 14.5. The van der Waals surface area contributed by atoms with Crippen molar-refractivity contribution in [1.82, 2.24) is 5.16 Å². The number of rotatable bonds is 7. The fraction of sp³-hybridized carbons (Fsp3) is 0.267. The van der Waals surface area contributed by atoms with Crippen LogP contribution in [0.15, 0.2) is 29.8 Å². The quantitative estimate of drug-likeness (QED) is 0.549. The van der Waals surface area contributed by atoms with Crippen molar-refractivity contribution in [3.8, 4) is 11.5 Å². The Bertz CT molecular complexity index is 1170. The molecule has 0 spiro atoms. The average Bonchev–Trinajstić information content (AvgIpc) is 3.23. The molecule has 0 saturated carbocycles. The molecule has 0 atom stereocenters. The van der Waals surface area contributed by atoms with E-state index in [0.29, 0.717) is 5.76 Å². The van der Waals surface area contributed by atoms with Gasteiger partial charge in [-0.3, -0.25) is 9.59 Å². The van der Waals surface area contributed by atoms with E-state index in [2.05, 4.69) is 10.5 Å². The lowest BCUT2D eigenvalue weighted by molar-refractivity contribution is 0.335. The molecule has 2 heterocycles. The lowest BCUT2D eigenvalue weighted by Gasteiger charge is -2.15. The molecular formula is C15H15N3O7S2. The molecule has 10 nitrogen and oxygen atoms in total. The Hall–Kier alpha value is -2.86. The fourth-order valence-corrected chi connectivity index (χ4v) is 4.77. The molecule has 0 aliphatic heterocycles. The molecule has 0 aliphatic rings. The van der Waals surface area contributed by atoms with Gasteiger partial charge in [-0.25, -0.2) is 4.31 Å². The maximum Gasteiger partial charge on any atom is 0.278 e. The Kier molecular flexibility index (Phi) is 4.70. The van der Waals surface area contributed by atoms with Gasteiger partial charge in [0.2, 0.25) is 0 Å². The second-order valence-electron chi connectivity index (χ2n) is 5.47. The first-order chi connectivity index (χ1) is 12.7. The lowest BCUT2D eigenvalue weighted by atomic mass is 10.2. The molecule has 0 unspecified atom stereocenters. The van der Waals surface area contributed by atoms with Gasteiger partial charge in [0.25, 0.3) is 20.9 Å². The number of aryl methyl sites for hydroxylation is 1. The second-order valence-corrected chi connectivity index (χ2v) is 8.52. The number of sulfonamides is 1. The zero-order valence-corrected chi connectivity index (χ0v) is 16.1. The summed E-state index contributed by atoms with van der Waals surface area (Å²) in [6.45, 7) is 3.44. The lowest BCUT2D eigenvalue weighted by Crippen LogP contribution is -2.35. The van der Waals surface area contributed by atoms with Crippen LogP contribution in [-0.2, 0) is 10.0 Å². The highest BCUT2D eigenvalue weighted by molar-refractivity contribution is 7.94. The summed E-state index contributed by atoms with van der Waals surface area (Å²) in [6.07, 6.45) is 0. The SMILES string of the molecule is CCOc1c(Nc2csc(S(=O)(=O)N(C)c3cc(C)on3)c2O)c(=O)c1=O. The summed E-state index contributed by atoms with van der Waals surface area (Å²) in [5, 5.41) is 17.9. The molecule has 1 aromatic carbocycles. The Morgan fingerprint density at radius 2 is 2.07 bits per heavy atom. The van der Waals surface area contributed by atoms with E-state index in [4.69, 9.17) is 9.26 Å². The van der Waals surface area contributed by atoms with Crippen LogP contribution in [-0.4, -0.2) is 32.3 Å². The molecular weight excluding hydrogens is 398 g/mol. The first-order valence-electron chi connectivity index (χ1n) is 7.64. The van der Waals surface area contributed by atoms with Crippen LogP contribution in [0.4, 0.5) is 17.2 Å². The summed E-state index contributed by atoms with van der Waals surface area (Å²) in [4.78, 5) is 23.2. The number of thiophene rings is 1. The molecule has 0 fully saturated rings. The molecule has 0 amide bonds. The van der Waals surface area contributed by atoms with Crippen LogP contribution < -0.4 is 25.2 Å². The van der Waals surface area contributed by atoms with Crippen LogP contribution in [0.2, 0.25) is 0 Å². The van der Waals surface area contributed by atoms with Crippen LogP contribution in [0.1, 0.15) is 12.7 Å². The molecule has 144 valence electrons.